The number of esters is 3. The Morgan fingerprint density at radius 3 is 2.31 bits per heavy atom. The number of methoxy groups -OCH3 is 1. The van der Waals surface area contributed by atoms with Crippen molar-refractivity contribution in [3.05, 3.63) is 30.2 Å². The fourth-order valence-corrected chi connectivity index (χ4v) is 2.59. The van der Waals surface area contributed by atoms with Crippen LogP contribution >= 0.6 is 0 Å². The number of benzene rings is 1. The van der Waals surface area contributed by atoms with Gasteiger partial charge >= 0.3 is 5.97 Å². The Balaban J connectivity index is 0.00000420. The number of carbonyl (C=O) groups is 3. The predicted molar refractivity (Wildman–Crippen MR) is 93.5 cm³/mol. The maximum absolute atomic E-state index is 12.1. The van der Waals surface area contributed by atoms with Crippen LogP contribution in [0.25, 0.3) is 0 Å². The number of nitrogen functional groups attached to an aromatic ring is 1. The maximum Gasteiger partial charge on any atom is 0.336 e. The molecule has 3 N–H and O–H groups in total. The molecule has 2 rings (SSSR count). The minimum Gasteiger partial charge on any atom is -0.492 e. The van der Waals surface area contributed by atoms with Crippen LogP contribution in [0, 0.1) is 6.42 Å². The number of anilines is 1. The summed E-state index contributed by atoms with van der Waals surface area (Å²) in [6.45, 7) is 2.14. The predicted octanol–water partition coefficient (Wildman–Crippen LogP) is 0.103. The largest absolute Gasteiger partial charge is 0.492 e. The number of rotatable bonds is 6. The summed E-state index contributed by atoms with van der Waals surface area (Å²) >= 11 is 0. The molecule has 2 unspecified atom stereocenters. The molecular weight excluding hydrogens is 433 g/mol. The molecule has 4 atom stereocenters. The Bertz CT molecular complexity index is 742. The minimum atomic E-state index is -1.33. The van der Waals surface area contributed by atoms with E-state index in [4.69, 9.17) is 29.8 Å². The Hall–Kier alpha value is -2.34. The summed E-state index contributed by atoms with van der Waals surface area (Å²) in [7, 11) is 1.15. The first kappa shape index (κ1) is 24.7. The van der Waals surface area contributed by atoms with E-state index in [1.165, 1.54) is 25.5 Å². The number of aliphatic hydroxyl groups is 1. The molecule has 0 aliphatic carbocycles. The Morgan fingerprint density at radius 1 is 1.17 bits per heavy atom. The van der Waals surface area contributed by atoms with Crippen molar-refractivity contribution in [1.29, 1.82) is 0 Å². The van der Waals surface area contributed by atoms with E-state index < -0.39 is 42.5 Å². The van der Waals surface area contributed by atoms with Gasteiger partial charge in [0.05, 0.1) is 19.4 Å². The Labute approximate surface area is 177 Å². The molecule has 1 aliphatic heterocycles. The molecule has 163 valence electrons. The molecule has 29 heavy (non-hydrogen) atoms. The normalized spacial score (nSPS) is 23.3. The second kappa shape index (κ2) is 11.0. The third kappa shape index (κ3) is 6.60. The van der Waals surface area contributed by atoms with Crippen molar-refractivity contribution >= 4 is 23.6 Å². The molecule has 0 bridgehead atoms. The van der Waals surface area contributed by atoms with Crippen LogP contribution in [0.1, 0.15) is 19.4 Å². The zero-order valence-electron chi connectivity index (χ0n) is 15.9. The SMILES string of the molecule is COC(=O)C1O[C@@H](Oc2ccc(CO)cc2N)C(OC(C)=O)[CH-][C@@H]1OC(C)=O.[Co]. The van der Waals surface area contributed by atoms with Gasteiger partial charge in [0, 0.05) is 42.8 Å². The molecule has 10 nitrogen and oxygen atoms in total. The van der Waals surface area contributed by atoms with Gasteiger partial charge in [-0.15, -0.1) is 0 Å². The van der Waals surface area contributed by atoms with Gasteiger partial charge in [-0.3, -0.25) is 9.59 Å². The zero-order valence-corrected chi connectivity index (χ0v) is 17.0. The van der Waals surface area contributed by atoms with Crippen LogP contribution in [0.3, 0.4) is 0 Å². The molecule has 0 amide bonds. The van der Waals surface area contributed by atoms with Crippen molar-refractivity contribution in [3.8, 4) is 5.75 Å². The van der Waals surface area contributed by atoms with Crippen molar-refractivity contribution in [3.63, 3.8) is 0 Å². The number of hydrogen-bond donors (Lipinski definition) is 2. The first-order valence-electron chi connectivity index (χ1n) is 8.33. The standard InChI is InChI=1S/C18H22NO9.Co/c1-9(21)25-14-7-15(26-10(2)22)18(28-16(14)17(23)24-3)27-13-5-4-11(8-20)6-12(13)19;/h4-7,14-16,18,20H,8,19H2,1-3H3;/q-1;/t14-,15?,16?,18+;/m0./s1. The molecule has 11 heteroatoms. The topological polar surface area (TPSA) is 144 Å². The van der Waals surface area contributed by atoms with E-state index in [2.05, 4.69) is 4.74 Å². The van der Waals surface area contributed by atoms with Gasteiger partial charge < -0.3 is 34.5 Å². The van der Waals surface area contributed by atoms with Crippen molar-refractivity contribution in [2.75, 3.05) is 12.8 Å². The van der Waals surface area contributed by atoms with Crippen LogP contribution in [-0.2, 0) is 56.7 Å². The molecular formula is C18H22CoNO9-. The van der Waals surface area contributed by atoms with Gasteiger partial charge in [-0.1, -0.05) is 6.07 Å². The maximum atomic E-state index is 12.1. The molecule has 1 heterocycles. The average molecular weight is 455 g/mol. The van der Waals surface area contributed by atoms with E-state index in [0.29, 0.717) is 5.56 Å². The summed E-state index contributed by atoms with van der Waals surface area (Å²) in [4.78, 5) is 34.9. The number of ether oxygens (including phenoxy) is 5. The molecule has 1 fully saturated rings. The Kier molecular flexibility index (Phi) is 9.37. The number of nitrogens with two attached hydrogens (primary N) is 1. The van der Waals surface area contributed by atoms with Crippen LogP contribution in [-0.4, -0.2) is 54.7 Å². The number of aliphatic hydroxyl groups excluding tert-OH is 1. The number of hydrogen-bond acceptors (Lipinski definition) is 10. The Morgan fingerprint density at radius 2 is 1.79 bits per heavy atom. The quantitative estimate of drug-likeness (QED) is 0.262. The first-order valence-corrected chi connectivity index (χ1v) is 8.33. The van der Waals surface area contributed by atoms with Gasteiger partial charge in [0.25, 0.3) is 11.9 Å². The van der Waals surface area contributed by atoms with Gasteiger partial charge in [0.15, 0.2) is 6.10 Å². The van der Waals surface area contributed by atoms with Gasteiger partial charge in [0.2, 0.25) is 6.29 Å². The van der Waals surface area contributed by atoms with Gasteiger partial charge in [-0.2, -0.15) is 0 Å². The van der Waals surface area contributed by atoms with Crippen molar-refractivity contribution < 1.29 is 60.0 Å². The average Bonchev–Trinajstić information content (AvgIpc) is 2.63. The van der Waals surface area contributed by atoms with Crippen molar-refractivity contribution in [2.24, 2.45) is 0 Å². The van der Waals surface area contributed by atoms with E-state index in [9.17, 15) is 14.4 Å². The van der Waals surface area contributed by atoms with E-state index >= 15 is 0 Å². The van der Waals surface area contributed by atoms with E-state index in [0.717, 1.165) is 14.0 Å². The fraction of sp³-hybridized carbons (Fsp3) is 0.444. The van der Waals surface area contributed by atoms with Crippen LogP contribution < -0.4 is 10.5 Å². The zero-order chi connectivity index (χ0) is 20.8. The monoisotopic (exact) mass is 455 g/mol. The fourth-order valence-electron chi connectivity index (χ4n) is 2.59. The van der Waals surface area contributed by atoms with Crippen molar-refractivity contribution in [1.82, 2.24) is 0 Å². The molecule has 0 spiro atoms. The van der Waals surface area contributed by atoms with E-state index in [-0.39, 0.29) is 34.8 Å². The molecule has 0 saturated carbocycles. The summed E-state index contributed by atoms with van der Waals surface area (Å²) in [5.74, 6) is -1.92. The summed E-state index contributed by atoms with van der Waals surface area (Å²) < 4.78 is 26.2. The summed E-state index contributed by atoms with van der Waals surface area (Å²) in [6.07, 6.45) is -3.52. The molecule has 1 radical (unpaired) electrons. The van der Waals surface area contributed by atoms with Gasteiger partial charge in [-0.05, 0) is 17.7 Å². The van der Waals surface area contributed by atoms with Crippen molar-refractivity contribution in [2.45, 2.75) is 45.1 Å². The molecule has 1 aromatic rings. The third-order valence-corrected chi connectivity index (χ3v) is 3.76. The van der Waals surface area contributed by atoms with E-state index in [1.807, 2.05) is 0 Å². The minimum absolute atomic E-state index is 0. The second-order valence-corrected chi connectivity index (χ2v) is 5.94. The van der Waals surface area contributed by atoms with Crippen LogP contribution in [0.4, 0.5) is 5.69 Å². The first-order chi connectivity index (χ1) is 13.2. The summed E-state index contributed by atoms with van der Waals surface area (Å²) in [6, 6.07) is 4.58. The molecule has 1 saturated heterocycles. The van der Waals surface area contributed by atoms with E-state index in [1.54, 1.807) is 6.07 Å². The molecule has 1 aliphatic rings. The number of carbonyl (C=O) groups excluding carboxylic acids is 3. The summed E-state index contributed by atoms with van der Waals surface area (Å²) in [5.41, 5.74) is 6.68. The molecule has 0 aromatic heterocycles. The smallest absolute Gasteiger partial charge is 0.336 e. The van der Waals surface area contributed by atoms with Crippen LogP contribution in [0.15, 0.2) is 18.2 Å². The van der Waals surface area contributed by atoms with Crippen LogP contribution in [0.2, 0.25) is 0 Å². The van der Waals surface area contributed by atoms with Crippen LogP contribution in [0.5, 0.6) is 5.75 Å². The second-order valence-electron chi connectivity index (χ2n) is 5.94. The van der Waals surface area contributed by atoms with Gasteiger partial charge in [-0.25, -0.2) is 11.2 Å². The summed E-state index contributed by atoms with van der Waals surface area (Å²) in [5, 5.41) is 9.16. The molecule has 1 aromatic carbocycles. The van der Waals surface area contributed by atoms with Gasteiger partial charge in [0.1, 0.15) is 5.75 Å². The third-order valence-electron chi connectivity index (χ3n) is 3.76.